The van der Waals surface area contributed by atoms with Gasteiger partial charge in [0.1, 0.15) is 0 Å². The molecule has 0 saturated carbocycles. The van der Waals surface area contributed by atoms with Crippen molar-refractivity contribution in [2.45, 2.75) is 0 Å². The van der Waals surface area contributed by atoms with Crippen molar-refractivity contribution < 1.29 is 4.79 Å². The van der Waals surface area contributed by atoms with E-state index in [9.17, 15) is 4.79 Å². The summed E-state index contributed by atoms with van der Waals surface area (Å²) in [4.78, 5) is 10.8. The molecule has 1 nitrogen and oxygen atoms in total. The summed E-state index contributed by atoms with van der Waals surface area (Å²) in [6, 6.07) is 11.3. The molecule has 0 heterocycles. The molecular formula is C13H8O. The van der Waals surface area contributed by atoms with Gasteiger partial charge in [0.2, 0.25) is 0 Å². The van der Waals surface area contributed by atoms with E-state index >= 15 is 0 Å². The minimum absolute atomic E-state index is 0.657. The molecule has 0 aromatic heterocycles. The van der Waals surface area contributed by atoms with E-state index in [0.29, 0.717) is 5.56 Å². The standard InChI is InChI=1S/C13H8O/c1-2-10-8-11(9-14)13-7-5-3-4-6-12(10)13/h1,3-9H. The van der Waals surface area contributed by atoms with E-state index < -0.39 is 0 Å². The maximum absolute atomic E-state index is 10.8. The van der Waals surface area contributed by atoms with Crippen molar-refractivity contribution in [1.29, 1.82) is 0 Å². The van der Waals surface area contributed by atoms with Crippen LogP contribution < -0.4 is 0 Å². The third-order valence-corrected chi connectivity index (χ3v) is 2.22. The summed E-state index contributed by atoms with van der Waals surface area (Å²) in [7, 11) is 0. The third kappa shape index (κ3) is 1.18. The van der Waals surface area contributed by atoms with Gasteiger partial charge in [0.15, 0.2) is 6.29 Å². The summed E-state index contributed by atoms with van der Waals surface area (Å²) in [5.74, 6) is 2.58. The van der Waals surface area contributed by atoms with Crippen LogP contribution in [-0.2, 0) is 0 Å². The number of terminal acetylenes is 1. The largest absolute Gasteiger partial charge is 0.298 e. The van der Waals surface area contributed by atoms with E-state index in [0.717, 1.165) is 23.0 Å². The van der Waals surface area contributed by atoms with Crippen molar-refractivity contribution >= 4 is 6.29 Å². The van der Waals surface area contributed by atoms with Gasteiger partial charge < -0.3 is 0 Å². The Hall–Kier alpha value is -2.07. The van der Waals surface area contributed by atoms with Gasteiger partial charge in [-0.1, -0.05) is 36.3 Å². The lowest BCUT2D eigenvalue weighted by atomic mass is 10.1. The highest BCUT2D eigenvalue weighted by molar-refractivity contribution is 5.92. The number of hydrogen-bond donors (Lipinski definition) is 0. The van der Waals surface area contributed by atoms with Crippen LogP contribution in [0.15, 0.2) is 36.4 Å². The van der Waals surface area contributed by atoms with Crippen molar-refractivity contribution in [3.8, 4) is 23.5 Å². The highest BCUT2D eigenvalue weighted by Gasteiger charge is 2.11. The predicted molar refractivity (Wildman–Crippen MR) is 56.4 cm³/mol. The Balaban J connectivity index is 2.81. The summed E-state index contributed by atoms with van der Waals surface area (Å²) < 4.78 is 0. The van der Waals surface area contributed by atoms with Crippen LogP contribution in [0.25, 0.3) is 11.1 Å². The van der Waals surface area contributed by atoms with Crippen LogP contribution in [0.1, 0.15) is 15.9 Å². The van der Waals surface area contributed by atoms with Crippen LogP contribution in [0, 0.1) is 12.3 Å². The zero-order valence-corrected chi connectivity index (χ0v) is 7.53. The summed E-state index contributed by atoms with van der Waals surface area (Å²) in [5, 5.41) is 0. The predicted octanol–water partition coefficient (Wildman–Crippen LogP) is 2.59. The molecule has 0 spiro atoms. The molecule has 0 radical (unpaired) electrons. The van der Waals surface area contributed by atoms with E-state index in [1.807, 2.05) is 30.3 Å². The monoisotopic (exact) mass is 180 g/mol. The van der Waals surface area contributed by atoms with Gasteiger partial charge in [-0.3, -0.25) is 4.79 Å². The minimum atomic E-state index is 0.657. The molecule has 0 amide bonds. The molecule has 0 unspecified atom stereocenters. The Morgan fingerprint density at radius 2 is 1.86 bits per heavy atom. The van der Waals surface area contributed by atoms with Crippen molar-refractivity contribution in [2.24, 2.45) is 0 Å². The van der Waals surface area contributed by atoms with Gasteiger partial charge in [0.05, 0.1) is 0 Å². The number of carbonyl (C=O) groups excluding carboxylic acids is 1. The lowest BCUT2D eigenvalue weighted by Crippen LogP contribution is -1.75. The molecular weight excluding hydrogens is 172 g/mol. The van der Waals surface area contributed by atoms with Crippen LogP contribution in [0.2, 0.25) is 0 Å². The molecule has 0 bridgehead atoms. The van der Waals surface area contributed by atoms with Crippen LogP contribution >= 0.6 is 0 Å². The topological polar surface area (TPSA) is 17.1 Å². The second-order valence-corrected chi connectivity index (χ2v) is 3.01. The average molecular weight is 180 g/mol. The van der Waals surface area contributed by atoms with Crippen LogP contribution in [0.4, 0.5) is 0 Å². The van der Waals surface area contributed by atoms with Crippen LogP contribution in [-0.4, -0.2) is 6.29 Å². The van der Waals surface area contributed by atoms with Crippen molar-refractivity contribution in [2.75, 3.05) is 0 Å². The van der Waals surface area contributed by atoms with Crippen LogP contribution in [0.3, 0.4) is 0 Å². The SMILES string of the molecule is C#Cc1cc(C=O)c2cccccc1-2. The summed E-state index contributed by atoms with van der Waals surface area (Å²) in [6.45, 7) is 0. The number of carbonyl (C=O) groups is 1. The smallest absolute Gasteiger partial charge is 0.150 e. The van der Waals surface area contributed by atoms with Crippen molar-refractivity contribution in [3.63, 3.8) is 0 Å². The van der Waals surface area contributed by atoms with Gasteiger partial charge in [-0.15, -0.1) is 6.42 Å². The quantitative estimate of drug-likeness (QED) is 0.487. The van der Waals surface area contributed by atoms with Crippen LogP contribution in [0.5, 0.6) is 0 Å². The molecule has 0 N–H and O–H groups in total. The minimum Gasteiger partial charge on any atom is -0.298 e. The Bertz CT molecular complexity index is 491. The number of rotatable bonds is 1. The molecule has 0 aromatic carbocycles. The summed E-state index contributed by atoms with van der Waals surface area (Å²) >= 11 is 0. The fourth-order valence-electron chi connectivity index (χ4n) is 1.56. The molecule has 14 heavy (non-hydrogen) atoms. The fraction of sp³-hybridized carbons (Fsp3) is 0. The number of aldehydes is 1. The Labute approximate surface area is 82.7 Å². The zero-order valence-electron chi connectivity index (χ0n) is 7.53. The maximum Gasteiger partial charge on any atom is 0.150 e. The van der Waals surface area contributed by atoms with Gasteiger partial charge in [0, 0.05) is 11.1 Å². The van der Waals surface area contributed by atoms with Crippen molar-refractivity contribution in [3.05, 3.63) is 47.5 Å². The molecule has 0 atom stereocenters. The molecule has 2 rings (SSSR count). The van der Waals surface area contributed by atoms with Gasteiger partial charge in [-0.05, 0) is 17.2 Å². The molecule has 0 fully saturated rings. The van der Waals surface area contributed by atoms with E-state index in [2.05, 4.69) is 5.92 Å². The second kappa shape index (κ2) is 3.35. The highest BCUT2D eigenvalue weighted by Crippen LogP contribution is 2.29. The normalized spacial score (nSPS) is 9.64. The molecule has 0 saturated heterocycles. The van der Waals surface area contributed by atoms with Crippen molar-refractivity contribution in [1.82, 2.24) is 0 Å². The Kier molecular flexibility index (Phi) is 2.04. The Morgan fingerprint density at radius 1 is 1.14 bits per heavy atom. The van der Waals surface area contributed by atoms with Gasteiger partial charge in [-0.2, -0.15) is 0 Å². The Morgan fingerprint density at radius 3 is 2.50 bits per heavy atom. The fourth-order valence-corrected chi connectivity index (χ4v) is 1.56. The second-order valence-electron chi connectivity index (χ2n) is 3.01. The molecule has 0 aliphatic heterocycles. The van der Waals surface area contributed by atoms with Gasteiger partial charge in [0.25, 0.3) is 0 Å². The lowest BCUT2D eigenvalue weighted by Gasteiger charge is -1.93. The van der Waals surface area contributed by atoms with Gasteiger partial charge >= 0.3 is 0 Å². The maximum atomic E-state index is 10.8. The lowest BCUT2D eigenvalue weighted by molar-refractivity contribution is 0.112. The molecule has 2 aliphatic carbocycles. The first-order valence-electron chi connectivity index (χ1n) is 4.30. The molecule has 0 aromatic rings. The first kappa shape index (κ1) is 8.52. The highest BCUT2D eigenvalue weighted by atomic mass is 16.1. The van der Waals surface area contributed by atoms with E-state index in [1.54, 1.807) is 6.07 Å². The summed E-state index contributed by atoms with van der Waals surface area (Å²) in [6.07, 6.45) is 6.20. The average Bonchev–Trinajstić information content (AvgIpc) is 2.39. The molecule has 1 heteroatoms. The third-order valence-electron chi connectivity index (χ3n) is 2.22. The van der Waals surface area contributed by atoms with E-state index in [4.69, 9.17) is 6.42 Å². The van der Waals surface area contributed by atoms with Gasteiger partial charge in [-0.25, -0.2) is 0 Å². The van der Waals surface area contributed by atoms with E-state index in [1.165, 1.54) is 0 Å². The van der Waals surface area contributed by atoms with E-state index in [-0.39, 0.29) is 0 Å². The first-order chi connectivity index (χ1) is 6.86. The molecule has 2 aliphatic rings. The number of hydrogen-bond acceptors (Lipinski definition) is 1. The first-order valence-corrected chi connectivity index (χ1v) is 4.30. The summed E-state index contributed by atoms with van der Waals surface area (Å²) in [5.41, 5.74) is 3.31. The zero-order chi connectivity index (χ0) is 9.97. The number of fused-ring (bicyclic) bond motifs is 1. The molecule has 66 valence electrons.